The van der Waals surface area contributed by atoms with Gasteiger partial charge in [-0.1, -0.05) is 30.3 Å². The summed E-state index contributed by atoms with van der Waals surface area (Å²) in [5.74, 6) is 0.0988. The van der Waals surface area contributed by atoms with Gasteiger partial charge >= 0.3 is 6.03 Å². The van der Waals surface area contributed by atoms with Crippen LogP contribution in [0.25, 0.3) is 0 Å². The van der Waals surface area contributed by atoms with E-state index in [1.807, 2.05) is 18.2 Å². The van der Waals surface area contributed by atoms with Crippen LogP contribution in [0.4, 0.5) is 4.79 Å². The molecule has 4 rings (SSSR count). The van der Waals surface area contributed by atoms with E-state index in [1.54, 1.807) is 25.1 Å². The second-order valence-corrected chi connectivity index (χ2v) is 8.23. The lowest BCUT2D eigenvalue weighted by Gasteiger charge is -2.27. The van der Waals surface area contributed by atoms with Crippen molar-refractivity contribution in [3.8, 4) is 11.5 Å². The van der Waals surface area contributed by atoms with E-state index in [2.05, 4.69) is 16.7 Å². The molecule has 2 aliphatic rings. The van der Waals surface area contributed by atoms with Crippen LogP contribution in [-0.2, 0) is 21.5 Å². The summed E-state index contributed by atoms with van der Waals surface area (Å²) >= 11 is 0. The number of hydrogen-bond acceptors (Lipinski definition) is 5. The van der Waals surface area contributed by atoms with Crippen molar-refractivity contribution < 1.29 is 23.9 Å². The number of amides is 4. The monoisotopic (exact) mass is 437 g/mol. The largest absolute Gasteiger partial charge is 0.493 e. The molecule has 0 spiro atoms. The van der Waals surface area contributed by atoms with Gasteiger partial charge in [0.05, 0.1) is 20.3 Å². The summed E-state index contributed by atoms with van der Waals surface area (Å²) in [6.45, 7) is 1.27. The Morgan fingerprint density at radius 2 is 1.91 bits per heavy atom. The SMILES string of the molecule is COc1ccc([C@]2(C)NC(=O)N(CC(=O)N[C@H]3CCCc4ccccc43)C2=O)cc1OC. The van der Waals surface area contributed by atoms with Crippen LogP contribution >= 0.6 is 0 Å². The van der Waals surface area contributed by atoms with E-state index in [9.17, 15) is 14.4 Å². The Morgan fingerprint density at radius 3 is 2.66 bits per heavy atom. The Bertz CT molecular complexity index is 1070. The second-order valence-electron chi connectivity index (χ2n) is 8.23. The summed E-state index contributed by atoms with van der Waals surface area (Å²) in [5.41, 5.74) is 1.55. The van der Waals surface area contributed by atoms with Crippen LogP contribution in [-0.4, -0.2) is 43.5 Å². The molecule has 0 unspecified atom stereocenters. The molecule has 0 radical (unpaired) electrons. The minimum atomic E-state index is -1.31. The third kappa shape index (κ3) is 3.77. The highest BCUT2D eigenvalue weighted by atomic mass is 16.5. The van der Waals surface area contributed by atoms with Gasteiger partial charge in [0.25, 0.3) is 5.91 Å². The van der Waals surface area contributed by atoms with Gasteiger partial charge in [0, 0.05) is 0 Å². The molecule has 2 N–H and O–H groups in total. The third-order valence-corrected chi connectivity index (χ3v) is 6.24. The van der Waals surface area contributed by atoms with Crippen LogP contribution in [0.3, 0.4) is 0 Å². The van der Waals surface area contributed by atoms with Gasteiger partial charge in [-0.3, -0.25) is 14.5 Å². The minimum absolute atomic E-state index is 0.120. The molecule has 1 fully saturated rings. The Morgan fingerprint density at radius 1 is 1.16 bits per heavy atom. The van der Waals surface area contributed by atoms with Crippen molar-refractivity contribution >= 4 is 17.8 Å². The molecule has 1 aliphatic carbocycles. The first-order valence-corrected chi connectivity index (χ1v) is 10.6. The number of hydrogen-bond donors (Lipinski definition) is 2. The van der Waals surface area contributed by atoms with Crippen molar-refractivity contribution in [2.45, 2.75) is 37.8 Å². The molecule has 4 amide bonds. The number of rotatable bonds is 6. The predicted molar refractivity (Wildman–Crippen MR) is 117 cm³/mol. The van der Waals surface area contributed by atoms with Crippen molar-refractivity contribution in [3.05, 3.63) is 59.2 Å². The van der Waals surface area contributed by atoms with E-state index >= 15 is 0 Å². The number of nitrogens with zero attached hydrogens (tertiary/aromatic N) is 1. The van der Waals surface area contributed by atoms with Crippen LogP contribution in [0.5, 0.6) is 11.5 Å². The van der Waals surface area contributed by atoms with Crippen molar-refractivity contribution in [2.75, 3.05) is 20.8 Å². The van der Waals surface area contributed by atoms with Crippen LogP contribution in [0.2, 0.25) is 0 Å². The Labute approximate surface area is 186 Å². The lowest BCUT2D eigenvalue weighted by molar-refractivity contribution is -0.135. The van der Waals surface area contributed by atoms with Gasteiger partial charge < -0.3 is 20.1 Å². The lowest BCUT2D eigenvalue weighted by atomic mass is 9.88. The highest BCUT2D eigenvalue weighted by Crippen LogP contribution is 2.35. The molecule has 0 bridgehead atoms. The standard InChI is InChI=1S/C24H27N3O5/c1-24(16-11-12-19(31-2)20(13-16)32-3)22(29)27(23(30)26-24)14-21(28)25-18-10-6-8-15-7-4-5-9-17(15)18/h4-5,7,9,11-13,18H,6,8,10,14H2,1-3H3,(H,25,28)(H,26,30)/t18-,24-/m0/s1. The molecule has 8 heteroatoms. The smallest absolute Gasteiger partial charge is 0.325 e. The first-order valence-electron chi connectivity index (χ1n) is 10.6. The molecule has 1 aliphatic heterocycles. The predicted octanol–water partition coefficient (Wildman–Crippen LogP) is 2.66. The molecular weight excluding hydrogens is 410 g/mol. The molecule has 0 aromatic heterocycles. The van der Waals surface area contributed by atoms with Crippen molar-refractivity contribution in [1.29, 1.82) is 0 Å². The third-order valence-electron chi connectivity index (χ3n) is 6.24. The number of urea groups is 1. The fourth-order valence-electron chi connectivity index (χ4n) is 4.47. The summed E-state index contributed by atoms with van der Waals surface area (Å²) in [7, 11) is 3.02. The molecular formula is C24H27N3O5. The maximum Gasteiger partial charge on any atom is 0.325 e. The maximum absolute atomic E-state index is 13.2. The maximum atomic E-state index is 13.2. The summed E-state index contributed by atoms with van der Waals surface area (Å²) in [6.07, 6.45) is 2.79. The molecule has 2 aromatic carbocycles. The fraction of sp³-hybridized carbons (Fsp3) is 0.375. The lowest BCUT2D eigenvalue weighted by Crippen LogP contribution is -2.44. The Hall–Kier alpha value is -3.55. The quantitative estimate of drug-likeness (QED) is 0.678. The first kappa shape index (κ1) is 21.7. The molecule has 32 heavy (non-hydrogen) atoms. The molecule has 168 valence electrons. The highest BCUT2D eigenvalue weighted by molar-refractivity contribution is 6.09. The van der Waals surface area contributed by atoms with Gasteiger partial charge in [-0.25, -0.2) is 4.79 Å². The van der Waals surface area contributed by atoms with Crippen LogP contribution in [0.1, 0.15) is 42.5 Å². The van der Waals surface area contributed by atoms with E-state index in [0.29, 0.717) is 17.1 Å². The van der Waals surface area contributed by atoms with E-state index in [-0.39, 0.29) is 18.5 Å². The van der Waals surface area contributed by atoms with Crippen LogP contribution < -0.4 is 20.1 Å². The number of nitrogens with one attached hydrogen (secondary N) is 2. The van der Waals surface area contributed by atoms with Gasteiger partial charge in [-0.05, 0) is 55.0 Å². The molecule has 1 heterocycles. The van der Waals surface area contributed by atoms with Crippen molar-refractivity contribution in [3.63, 3.8) is 0 Å². The minimum Gasteiger partial charge on any atom is -0.493 e. The number of fused-ring (bicyclic) bond motifs is 1. The zero-order chi connectivity index (χ0) is 22.9. The number of imide groups is 1. The number of ether oxygens (including phenoxy) is 2. The second kappa shape index (κ2) is 8.53. The molecule has 8 nitrogen and oxygen atoms in total. The molecule has 1 saturated heterocycles. The van der Waals surface area contributed by atoms with E-state index in [4.69, 9.17) is 9.47 Å². The zero-order valence-corrected chi connectivity index (χ0v) is 18.4. The van der Waals surface area contributed by atoms with Gasteiger partial charge in [-0.15, -0.1) is 0 Å². The number of carbonyl (C=O) groups excluding carboxylic acids is 3. The van der Waals surface area contributed by atoms with Crippen molar-refractivity contribution in [1.82, 2.24) is 15.5 Å². The number of methoxy groups -OCH3 is 2. The summed E-state index contributed by atoms with van der Waals surface area (Å²) < 4.78 is 10.6. The summed E-state index contributed by atoms with van der Waals surface area (Å²) in [5, 5.41) is 5.72. The van der Waals surface area contributed by atoms with Gasteiger partial charge in [0.2, 0.25) is 5.91 Å². The molecule has 0 saturated carbocycles. The Balaban J connectivity index is 1.49. The van der Waals surface area contributed by atoms with Crippen LogP contribution in [0.15, 0.2) is 42.5 Å². The van der Waals surface area contributed by atoms with Crippen molar-refractivity contribution in [2.24, 2.45) is 0 Å². The van der Waals surface area contributed by atoms with E-state index in [0.717, 1.165) is 29.7 Å². The normalized spacial score (nSPS) is 22.2. The van der Waals surface area contributed by atoms with Gasteiger partial charge in [0.15, 0.2) is 11.5 Å². The van der Waals surface area contributed by atoms with Gasteiger partial charge in [-0.2, -0.15) is 0 Å². The first-order chi connectivity index (χ1) is 15.4. The fourth-order valence-corrected chi connectivity index (χ4v) is 4.47. The summed E-state index contributed by atoms with van der Waals surface area (Å²) in [4.78, 5) is 39.6. The average Bonchev–Trinajstić information content (AvgIpc) is 3.02. The zero-order valence-electron chi connectivity index (χ0n) is 18.4. The Kier molecular flexibility index (Phi) is 5.78. The molecule has 2 aromatic rings. The highest BCUT2D eigenvalue weighted by Gasteiger charge is 2.49. The van der Waals surface area contributed by atoms with E-state index in [1.165, 1.54) is 19.8 Å². The summed E-state index contributed by atoms with van der Waals surface area (Å²) in [6, 6.07) is 12.3. The van der Waals surface area contributed by atoms with Crippen LogP contribution in [0, 0.1) is 0 Å². The van der Waals surface area contributed by atoms with E-state index < -0.39 is 17.5 Å². The molecule has 2 atom stereocenters. The average molecular weight is 437 g/mol. The topological polar surface area (TPSA) is 97.0 Å². The number of benzene rings is 2. The number of aryl methyl sites for hydroxylation is 1. The number of carbonyl (C=O) groups is 3. The van der Waals surface area contributed by atoms with Gasteiger partial charge in [0.1, 0.15) is 12.1 Å².